The van der Waals surface area contributed by atoms with Crippen molar-refractivity contribution in [1.82, 2.24) is 10.2 Å². The van der Waals surface area contributed by atoms with Gasteiger partial charge >= 0.3 is 5.97 Å². The number of methoxy groups -OCH3 is 2. The van der Waals surface area contributed by atoms with E-state index < -0.39 is 5.54 Å². The van der Waals surface area contributed by atoms with Crippen molar-refractivity contribution >= 4 is 5.97 Å². The molecule has 1 aliphatic heterocycles. The fourth-order valence-electron chi connectivity index (χ4n) is 3.03. The summed E-state index contributed by atoms with van der Waals surface area (Å²) in [7, 11) is 3.21. The Balaban J connectivity index is 2.56. The second kappa shape index (κ2) is 7.96. The molecule has 5 heteroatoms. The van der Waals surface area contributed by atoms with Crippen molar-refractivity contribution in [3.63, 3.8) is 0 Å². The number of piperidine rings is 1. The van der Waals surface area contributed by atoms with Gasteiger partial charge in [-0.05, 0) is 52.6 Å². The van der Waals surface area contributed by atoms with Crippen LogP contribution in [-0.4, -0.2) is 62.9 Å². The Morgan fingerprint density at radius 2 is 1.95 bits per heavy atom. The topological polar surface area (TPSA) is 50.8 Å². The van der Waals surface area contributed by atoms with E-state index in [1.54, 1.807) is 7.11 Å². The average molecular weight is 286 g/mol. The number of nitrogens with zero attached hydrogens (tertiary/aromatic N) is 1. The molecule has 1 saturated heterocycles. The lowest BCUT2D eigenvalue weighted by Crippen LogP contribution is -2.60. The third kappa shape index (κ3) is 5.04. The highest BCUT2D eigenvalue weighted by atomic mass is 16.5. The summed E-state index contributed by atoms with van der Waals surface area (Å²) in [5, 5.41) is 3.35. The number of likely N-dealkylation sites (tertiary alicyclic amines) is 1. The zero-order chi connectivity index (χ0) is 15.2. The average Bonchev–Trinajstić information content (AvgIpc) is 2.39. The monoisotopic (exact) mass is 286 g/mol. The quantitative estimate of drug-likeness (QED) is 0.714. The molecule has 0 radical (unpaired) electrons. The molecule has 0 aromatic rings. The number of ether oxygens (including phenoxy) is 2. The third-order valence-electron chi connectivity index (χ3n) is 3.89. The smallest absolute Gasteiger partial charge is 0.327 e. The zero-order valence-corrected chi connectivity index (χ0v) is 13.6. The van der Waals surface area contributed by atoms with Crippen LogP contribution < -0.4 is 5.32 Å². The number of nitrogens with one attached hydrogen (secondary N) is 1. The molecular formula is C15H30N2O3. The molecule has 1 unspecified atom stereocenters. The first-order valence-corrected chi connectivity index (χ1v) is 7.48. The van der Waals surface area contributed by atoms with Gasteiger partial charge in [0.05, 0.1) is 7.11 Å². The van der Waals surface area contributed by atoms with E-state index in [0.717, 1.165) is 32.5 Å². The van der Waals surface area contributed by atoms with E-state index in [0.29, 0.717) is 12.5 Å². The third-order valence-corrected chi connectivity index (χ3v) is 3.89. The van der Waals surface area contributed by atoms with E-state index >= 15 is 0 Å². The first-order valence-electron chi connectivity index (χ1n) is 7.48. The number of carbonyl (C=O) groups is 1. The SMILES string of the molecule is COCC1CCN(CC(C)(NC(C)C)C(=O)OC)CC1. The molecule has 0 saturated carbocycles. The lowest BCUT2D eigenvalue weighted by molar-refractivity contribution is -0.149. The second-order valence-electron chi connectivity index (χ2n) is 6.30. The Labute approximate surface area is 123 Å². The van der Waals surface area contributed by atoms with Crippen LogP contribution in [0.1, 0.15) is 33.6 Å². The standard InChI is InChI=1S/C15H30N2O3/c1-12(2)16-15(3,14(18)20-5)11-17-8-6-13(7-9-17)10-19-4/h12-13,16H,6-11H2,1-5H3. The van der Waals surface area contributed by atoms with Crippen LogP contribution in [0, 0.1) is 5.92 Å². The Bertz CT molecular complexity index is 301. The van der Waals surface area contributed by atoms with E-state index in [1.165, 1.54) is 7.11 Å². The molecule has 0 amide bonds. The van der Waals surface area contributed by atoms with Gasteiger partial charge in [0.25, 0.3) is 0 Å². The van der Waals surface area contributed by atoms with E-state index in [9.17, 15) is 4.79 Å². The van der Waals surface area contributed by atoms with Crippen LogP contribution in [0.15, 0.2) is 0 Å². The van der Waals surface area contributed by atoms with Crippen LogP contribution in [-0.2, 0) is 14.3 Å². The van der Waals surface area contributed by atoms with Crippen LogP contribution in [0.25, 0.3) is 0 Å². The molecule has 20 heavy (non-hydrogen) atoms. The van der Waals surface area contributed by atoms with Gasteiger partial charge in [-0.2, -0.15) is 0 Å². The molecule has 0 aromatic carbocycles. The van der Waals surface area contributed by atoms with Crippen molar-refractivity contribution < 1.29 is 14.3 Å². The van der Waals surface area contributed by atoms with Gasteiger partial charge in [-0.3, -0.25) is 10.1 Å². The molecule has 118 valence electrons. The number of esters is 1. The summed E-state index contributed by atoms with van der Waals surface area (Å²) in [6.07, 6.45) is 2.26. The van der Waals surface area contributed by atoms with Crippen molar-refractivity contribution in [3.05, 3.63) is 0 Å². The Morgan fingerprint density at radius 1 is 1.35 bits per heavy atom. The fraction of sp³-hybridized carbons (Fsp3) is 0.933. The Hall–Kier alpha value is -0.650. The van der Waals surface area contributed by atoms with Gasteiger partial charge in [-0.25, -0.2) is 0 Å². The van der Waals surface area contributed by atoms with Crippen LogP contribution in [0.2, 0.25) is 0 Å². The van der Waals surface area contributed by atoms with Crippen LogP contribution in [0.5, 0.6) is 0 Å². The highest BCUT2D eigenvalue weighted by Gasteiger charge is 2.37. The molecule has 5 nitrogen and oxygen atoms in total. The summed E-state index contributed by atoms with van der Waals surface area (Å²) in [6.45, 7) is 9.59. The minimum atomic E-state index is -0.642. The number of hydrogen-bond donors (Lipinski definition) is 1. The maximum absolute atomic E-state index is 12.1. The van der Waals surface area contributed by atoms with Crippen molar-refractivity contribution in [2.24, 2.45) is 5.92 Å². The predicted molar refractivity (Wildman–Crippen MR) is 79.7 cm³/mol. The lowest BCUT2D eigenvalue weighted by Gasteiger charge is -2.38. The van der Waals surface area contributed by atoms with Crippen molar-refractivity contribution in [3.8, 4) is 0 Å². The van der Waals surface area contributed by atoms with Crippen LogP contribution >= 0.6 is 0 Å². The molecule has 0 spiro atoms. The molecule has 0 aliphatic carbocycles. The minimum absolute atomic E-state index is 0.190. The summed E-state index contributed by atoms with van der Waals surface area (Å²) >= 11 is 0. The number of rotatable bonds is 7. The number of hydrogen-bond acceptors (Lipinski definition) is 5. The maximum atomic E-state index is 12.1. The normalized spacial score (nSPS) is 20.9. The van der Waals surface area contributed by atoms with Crippen molar-refractivity contribution in [1.29, 1.82) is 0 Å². The Morgan fingerprint density at radius 3 is 2.40 bits per heavy atom. The van der Waals surface area contributed by atoms with Crippen molar-refractivity contribution in [2.75, 3.05) is 40.5 Å². The molecule has 1 rings (SSSR count). The van der Waals surface area contributed by atoms with Gasteiger partial charge < -0.3 is 14.4 Å². The van der Waals surface area contributed by atoms with Gasteiger partial charge in [0.15, 0.2) is 0 Å². The van der Waals surface area contributed by atoms with Gasteiger partial charge in [-0.1, -0.05) is 0 Å². The molecular weight excluding hydrogens is 256 g/mol. The molecule has 1 fully saturated rings. The highest BCUT2D eigenvalue weighted by Crippen LogP contribution is 2.20. The summed E-state index contributed by atoms with van der Waals surface area (Å²) < 4.78 is 10.2. The summed E-state index contributed by atoms with van der Waals surface area (Å²) in [4.78, 5) is 14.4. The van der Waals surface area contributed by atoms with Gasteiger partial charge in [0.1, 0.15) is 5.54 Å². The van der Waals surface area contributed by atoms with Crippen molar-refractivity contribution in [2.45, 2.75) is 45.2 Å². The fourth-order valence-corrected chi connectivity index (χ4v) is 3.03. The summed E-state index contributed by atoms with van der Waals surface area (Å²) in [6, 6.07) is 0.241. The van der Waals surface area contributed by atoms with E-state index in [1.807, 2.05) is 20.8 Å². The molecule has 1 atom stereocenters. The molecule has 1 aliphatic rings. The zero-order valence-electron chi connectivity index (χ0n) is 13.6. The largest absolute Gasteiger partial charge is 0.468 e. The van der Waals surface area contributed by atoms with E-state index in [-0.39, 0.29) is 12.0 Å². The van der Waals surface area contributed by atoms with E-state index in [2.05, 4.69) is 10.2 Å². The van der Waals surface area contributed by atoms with Gasteiger partial charge in [-0.15, -0.1) is 0 Å². The van der Waals surface area contributed by atoms with Gasteiger partial charge in [0, 0.05) is 26.3 Å². The molecule has 0 bridgehead atoms. The summed E-state index contributed by atoms with van der Waals surface area (Å²) in [5.41, 5.74) is -0.642. The predicted octanol–water partition coefficient (Wildman–Crippen LogP) is 1.27. The highest BCUT2D eigenvalue weighted by molar-refractivity contribution is 5.80. The lowest BCUT2D eigenvalue weighted by atomic mass is 9.94. The molecule has 1 heterocycles. The molecule has 0 aromatic heterocycles. The summed E-state index contributed by atoms with van der Waals surface area (Å²) in [5.74, 6) is 0.462. The van der Waals surface area contributed by atoms with Crippen LogP contribution in [0.3, 0.4) is 0 Å². The minimum Gasteiger partial charge on any atom is -0.468 e. The first kappa shape index (κ1) is 17.4. The number of carbonyl (C=O) groups excluding carboxylic acids is 1. The Kier molecular flexibility index (Phi) is 6.92. The maximum Gasteiger partial charge on any atom is 0.327 e. The second-order valence-corrected chi connectivity index (χ2v) is 6.30. The van der Waals surface area contributed by atoms with Gasteiger partial charge in [0.2, 0.25) is 0 Å². The van der Waals surface area contributed by atoms with E-state index in [4.69, 9.17) is 9.47 Å². The first-order chi connectivity index (χ1) is 9.41. The van der Waals surface area contributed by atoms with Crippen LogP contribution in [0.4, 0.5) is 0 Å². The molecule has 1 N–H and O–H groups in total.